The Morgan fingerprint density at radius 2 is 1.42 bits per heavy atom. The summed E-state index contributed by atoms with van der Waals surface area (Å²) in [6, 6.07) is 25.2. The summed E-state index contributed by atoms with van der Waals surface area (Å²) in [7, 11) is -3.54. The Hall–Kier alpha value is -3.95. The lowest BCUT2D eigenvalue weighted by Gasteiger charge is -2.38. The highest BCUT2D eigenvalue weighted by molar-refractivity contribution is 7.89. The summed E-state index contributed by atoms with van der Waals surface area (Å²) in [5.74, 6) is 1.02. The van der Waals surface area contributed by atoms with E-state index in [2.05, 4.69) is 64.3 Å². The van der Waals surface area contributed by atoms with Crippen LogP contribution in [0.25, 0.3) is 5.69 Å². The van der Waals surface area contributed by atoms with E-state index in [1.54, 1.807) is 16.8 Å². The number of benzene rings is 3. The van der Waals surface area contributed by atoms with E-state index in [0.29, 0.717) is 22.3 Å². The summed E-state index contributed by atoms with van der Waals surface area (Å²) >= 11 is 0. The van der Waals surface area contributed by atoms with Crippen LogP contribution in [-0.4, -0.2) is 40.6 Å². The normalized spacial score (nSPS) is 20.1. The lowest BCUT2D eigenvalue weighted by atomic mass is 9.87. The molecule has 1 aromatic heterocycles. The first-order valence-corrected chi connectivity index (χ1v) is 18.5. The molecule has 6 rings (SSSR count). The zero-order valence-electron chi connectivity index (χ0n) is 29.2. The minimum atomic E-state index is -3.54. The van der Waals surface area contributed by atoms with Crippen LogP contribution in [-0.2, 0) is 27.3 Å². The van der Waals surface area contributed by atoms with Gasteiger partial charge in [0.2, 0.25) is 10.0 Å². The van der Waals surface area contributed by atoms with E-state index in [4.69, 9.17) is 5.10 Å². The van der Waals surface area contributed by atoms with Gasteiger partial charge in [-0.05, 0) is 97.9 Å². The van der Waals surface area contributed by atoms with Crippen LogP contribution in [0.15, 0.2) is 83.8 Å². The molecule has 2 unspecified atom stereocenters. The SMILES string of the molecule is Cc1ccc(-n2nc(C(C)(C)C)cc2NC(=O)Nc2ccc(CC3CC4CCC(C3)N4S(=O)(=O)c3ccc(C(C)(C)C)cc3)cc2)cc1. The number of hydrogen-bond acceptors (Lipinski definition) is 4. The van der Waals surface area contributed by atoms with E-state index in [1.807, 2.05) is 65.8 Å². The van der Waals surface area contributed by atoms with Gasteiger partial charge in [-0.2, -0.15) is 9.40 Å². The summed E-state index contributed by atoms with van der Waals surface area (Å²) in [6.45, 7) is 14.7. The molecule has 254 valence electrons. The predicted molar refractivity (Wildman–Crippen MR) is 193 cm³/mol. The first kappa shape index (κ1) is 33.9. The van der Waals surface area contributed by atoms with Gasteiger partial charge in [0.1, 0.15) is 5.82 Å². The number of amides is 2. The first-order chi connectivity index (χ1) is 22.6. The lowest BCUT2D eigenvalue weighted by Crippen LogP contribution is -2.46. The Morgan fingerprint density at radius 3 is 1.98 bits per heavy atom. The average Bonchev–Trinajstić information content (AvgIpc) is 3.57. The van der Waals surface area contributed by atoms with Gasteiger partial charge in [-0.1, -0.05) is 83.5 Å². The fraction of sp³-hybridized carbons (Fsp3) is 0.436. The zero-order valence-corrected chi connectivity index (χ0v) is 30.1. The van der Waals surface area contributed by atoms with E-state index in [0.717, 1.165) is 54.6 Å². The third kappa shape index (κ3) is 7.22. The number of nitrogens with one attached hydrogen (secondary N) is 2. The molecule has 0 saturated carbocycles. The number of urea groups is 1. The molecule has 0 aliphatic carbocycles. The summed E-state index contributed by atoms with van der Waals surface area (Å²) in [6.07, 6.45) is 4.45. The number of nitrogens with zero attached hydrogens (tertiary/aromatic N) is 3. The Balaban J connectivity index is 1.07. The summed E-state index contributed by atoms with van der Waals surface area (Å²) in [5.41, 5.74) is 5.73. The van der Waals surface area contributed by atoms with Crippen molar-refractivity contribution in [3.05, 3.63) is 101 Å². The van der Waals surface area contributed by atoms with E-state index >= 15 is 0 Å². The van der Waals surface area contributed by atoms with Crippen LogP contribution < -0.4 is 10.6 Å². The van der Waals surface area contributed by atoms with E-state index in [9.17, 15) is 13.2 Å². The molecule has 2 saturated heterocycles. The van der Waals surface area contributed by atoms with E-state index in [-0.39, 0.29) is 28.9 Å². The van der Waals surface area contributed by atoms with E-state index in [1.165, 1.54) is 5.56 Å². The minimum absolute atomic E-state index is 0.0244. The van der Waals surface area contributed by atoms with Crippen molar-refractivity contribution in [3.63, 3.8) is 0 Å². The topological polar surface area (TPSA) is 96.3 Å². The molecular formula is C39H49N5O3S. The maximum absolute atomic E-state index is 13.7. The number of piperidine rings is 1. The van der Waals surface area contributed by atoms with Crippen molar-refractivity contribution in [2.45, 2.75) is 108 Å². The van der Waals surface area contributed by atoms with Crippen molar-refractivity contribution in [2.24, 2.45) is 5.92 Å². The highest BCUT2D eigenvalue weighted by Gasteiger charge is 2.47. The smallest absolute Gasteiger partial charge is 0.308 e. The van der Waals surface area contributed by atoms with Crippen LogP contribution in [0.5, 0.6) is 0 Å². The molecule has 4 aromatic rings. The second-order valence-corrected chi connectivity index (χ2v) is 17.6. The molecule has 8 nitrogen and oxygen atoms in total. The summed E-state index contributed by atoms with van der Waals surface area (Å²) in [5, 5.41) is 10.8. The second kappa shape index (κ2) is 12.8. The molecule has 2 bridgehead atoms. The average molecular weight is 668 g/mol. The lowest BCUT2D eigenvalue weighted by molar-refractivity contribution is 0.190. The number of carbonyl (C=O) groups excluding carboxylic acids is 1. The molecule has 0 spiro atoms. The quantitative estimate of drug-likeness (QED) is 0.206. The number of carbonyl (C=O) groups is 1. The van der Waals surface area contributed by atoms with Gasteiger partial charge in [0.05, 0.1) is 16.3 Å². The van der Waals surface area contributed by atoms with E-state index < -0.39 is 10.0 Å². The van der Waals surface area contributed by atoms with Crippen molar-refractivity contribution in [1.82, 2.24) is 14.1 Å². The van der Waals surface area contributed by atoms with Crippen LogP contribution in [0.1, 0.15) is 89.6 Å². The minimum Gasteiger partial charge on any atom is -0.308 e. The number of hydrogen-bond donors (Lipinski definition) is 2. The van der Waals surface area contributed by atoms with Crippen LogP contribution in [0.3, 0.4) is 0 Å². The Kier molecular flexibility index (Phi) is 9.06. The Labute approximate surface area is 286 Å². The standard InChI is InChI=1S/C39H49N5O3S/c1-26-8-16-31(17-9-26)43-36(25-35(42-43)39(5,6)7)41-37(45)40-30-14-10-27(11-15-30)22-28-23-32-18-19-33(24-28)44(32)48(46,47)34-20-12-29(13-21-34)38(2,3)4/h8-17,20-21,25,28,32-33H,18-19,22-24H2,1-7H3,(H2,40,41,45). The zero-order chi connectivity index (χ0) is 34.4. The molecule has 3 aromatic carbocycles. The number of aromatic nitrogens is 2. The van der Waals surface area contributed by atoms with Crippen LogP contribution in [0.2, 0.25) is 0 Å². The van der Waals surface area contributed by atoms with Gasteiger partial charge in [-0.25, -0.2) is 17.9 Å². The third-order valence-corrected chi connectivity index (χ3v) is 11.8. The molecular weight excluding hydrogens is 619 g/mol. The fourth-order valence-corrected chi connectivity index (χ4v) is 9.00. The largest absolute Gasteiger partial charge is 0.324 e. The van der Waals surface area contributed by atoms with Gasteiger partial charge < -0.3 is 5.32 Å². The number of anilines is 2. The third-order valence-electron chi connectivity index (χ3n) is 9.79. The van der Waals surface area contributed by atoms with Gasteiger partial charge >= 0.3 is 6.03 Å². The first-order valence-electron chi connectivity index (χ1n) is 17.1. The van der Waals surface area contributed by atoms with Crippen LogP contribution in [0, 0.1) is 12.8 Å². The molecule has 2 fully saturated rings. The Bertz CT molecular complexity index is 1850. The van der Waals surface area contributed by atoms with Gasteiger partial charge in [-0.15, -0.1) is 0 Å². The van der Waals surface area contributed by atoms with Gasteiger partial charge in [0.25, 0.3) is 0 Å². The fourth-order valence-electron chi connectivity index (χ4n) is 7.11. The molecule has 2 aliphatic heterocycles. The van der Waals surface area contributed by atoms with Crippen molar-refractivity contribution < 1.29 is 13.2 Å². The van der Waals surface area contributed by atoms with Crippen LogP contribution in [0.4, 0.5) is 16.3 Å². The maximum Gasteiger partial charge on any atom is 0.324 e. The Morgan fingerprint density at radius 1 is 0.812 bits per heavy atom. The molecule has 0 radical (unpaired) electrons. The predicted octanol–water partition coefficient (Wildman–Crippen LogP) is 8.59. The van der Waals surface area contributed by atoms with Crippen LogP contribution >= 0.6 is 0 Å². The highest BCUT2D eigenvalue weighted by atomic mass is 32.2. The molecule has 48 heavy (non-hydrogen) atoms. The van der Waals surface area contributed by atoms with Crippen molar-refractivity contribution in [1.29, 1.82) is 0 Å². The van der Waals surface area contributed by atoms with Gasteiger partial charge in [0, 0.05) is 29.3 Å². The van der Waals surface area contributed by atoms with Gasteiger partial charge in [-0.3, -0.25) is 5.32 Å². The molecule has 2 amide bonds. The second-order valence-electron chi connectivity index (χ2n) is 15.7. The highest BCUT2D eigenvalue weighted by Crippen LogP contribution is 2.43. The summed E-state index contributed by atoms with van der Waals surface area (Å²) < 4.78 is 31.1. The number of sulfonamides is 1. The maximum atomic E-state index is 13.7. The monoisotopic (exact) mass is 667 g/mol. The van der Waals surface area contributed by atoms with Crippen molar-refractivity contribution in [3.8, 4) is 5.69 Å². The molecule has 2 aliphatic rings. The molecule has 2 atom stereocenters. The van der Waals surface area contributed by atoms with Crippen molar-refractivity contribution >= 4 is 27.6 Å². The molecule has 3 heterocycles. The number of fused-ring (bicyclic) bond motifs is 2. The molecule has 9 heteroatoms. The molecule has 2 N–H and O–H groups in total. The number of aryl methyl sites for hydroxylation is 1. The summed E-state index contributed by atoms with van der Waals surface area (Å²) in [4.78, 5) is 13.5. The number of rotatable bonds is 7. The van der Waals surface area contributed by atoms with Crippen molar-refractivity contribution in [2.75, 3.05) is 10.6 Å². The van der Waals surface area contributed by atoms with Gasteiger partial charge in [0.15, 0.2) is 0 Å².